The zero-order valence-electron chi connectivity index (χ0n) is 9.32. The third kappa shape index (κ3) is 1.71. The van der Waals surface area contributed by atoms with Crippen molar-refractivity contribution in [2.45, 2.75) is 38.9 Å². The van der Waals surface area contributed by atoms with E-state index in [-0.39, 0.29) is 0 Å². The van der Waals surface area contributed by atoms with Gasteiger partial charge in [0.15, 0.2) is 0 Å². The fourth-order valence-electron chi connectivity index (χ4n) is 2.44. The maximum Gasteiger partial charge on any atom is 0.123 e. The SMILES string of the molecule is CC1=NNC(C)N1C1CCN(C)CC1. The first kappa shape index (κ1) is 9.77. The number of nitrogens with zero attached hydrogens (tertiary/aromatic N) is 3. The number of nitrogens with one attached hydrogen (secondary N) is 1. The molecule has 0 spiro atoms. The van der Waals surface area contributed by atoms with Crippen molar-refractivity contribution in [2.75, 3.05) is 20.1 Å². The molecule has 2 rings (SSSR count). The highest BCUT2D eigenvalue weighted by Crippen LogP contribution is 2.20. The van der Waals surface area contributed by atoms with Crippen molar-refractivity contribution in [3.05, 3.63) is 0 Å². The van der Waals surface area contributed by atoms with E-state index < -0.39 is 0 Å². The van der Waals surface area contributed by atoms with Gasteiger partial charge in [-0.15, -0.1) is 0 Å². The van der Waals surface area contributed by atoms with Crippen molar-refractivity contribution in [1.29, 1.82) is 0 Å². The lowest BCUT2D eigenvalue weighted by Crippen LogP contribution is -2.49. The summed E-state index contributed by atoms with van der Waals surface area (Å²) in [6.45, 7) is 6.69. The third-order valence-electron chi connectivity index (χ3n) is 3.29. The molecule has 2 aliphatic rings. The van der Waals surface area contributed by atoms with Crippen molar-refractivity contribution in [3.63, 3.8) is 0 Å². The van der Waals surface area contributed by atoms with Gasteiger partial charge < -0.3 is 9.80 Å². The molecule has 2 aliphatic heterocycles. The number of hydrogen-bond donors (Lipinski definition) is 1. The first-order chi connectivity index (χ1) is 6.68. The number of amidine groups is 1. The Kier molecular flexibility index (Phi) is 2.63. The van der Waals surface area contributed by atoms with Crippen LogP contribution in [0.4, 0.5) is 0 Å². The summed E-state index contributed by atoms with van der Waals surface area (Å²) in [5.41, 5.74) is 3.13. The molecule has 1 N–H and O–H groups in total. The van der Waals surface area contributed by atoms with Gasteiger partial charge in [-0.3, -0.25) is 5.43 Å². The van der Waals surface area contributed by atoms with Crippen LogP contribution in [0.2, 0.25) is 0 Å². The summed E-state index contributed by atoms with van der Waals surface area (Å²) in [5, 5.41) is 4.27. The Hall–Kier alpha value is -0.770. The zero-order valence-corrected chi connectivity index (χ0v) is 9.32. The molecule has 0 saturated carbocycles. The van der Waals surface area contributed by atoms with Crippen LogP contribution in [0.1, 0.15) is 26.7 Å². The molecular weight excluding hydrogens is 176 g/mol. The van der Waals surface area contributed by atoms with Gasteiger partial charge >= 0.3 is 0 Å². The third-order valence-corrected chi connectivity index (χ3v) is 3.29. The van der Waals surface area contributed by atoms with Crippen molar-refractivity contribution in [1.82, 2.24) is 15.2 Å². The minimum absolute atomic E-state index is 0.378. The Morgan fingerprint density at radius 2 is 2.00 bits per heavy atom. The number of rotatable bonds is 1. The lowest BCUT2D eigenvalue weighted by atomic mass is 10.0. The second-order valence-electron chi connectivity index (χ2n) is 4.41. The smallest absolute Gasteiger partial charge is 0.123 e. The van der Waals surface area contributed by atoms with Gasteiger partial charge in [0.05, 0.1) is 0 Å². The first-order valence-corrected chi connectivity index (χ1v) is 5.45. The quantitative estimate of drug-likeness (QED) is 0.668. The second kappa shape index (κ2) is 3.77. The van der Waals surface area contributed by atoms with Gasteiger partial charge in [-0.25, -0.2) is 0 Å². The van der Waals surface area contributed by atoms with Gasteiger partial charge in [0.2, 0.25) is 0 Å². The second-order valence-corrected chi connectivity index (χ2v) is 4.41. The fraction of sp³-hybridized carbons (Fsp3) is 0.900. The minimum Gasteiger partial charge on any atom is -0.334 e. The van der Waals surface area contributed by atoms with E-state index in [9.17, 15) is 0 Å². The highest BCUT2D eigenvalue weighted by Gasteiger charge is 2.30. The zero-order chi connectivity index (χ0) is 10.1. The van der Waals surface area contributed by atoms with Gasteiger partial charge in [-0.1, -0.05) is 0 Å². The first-order valence-electron chi connectivity index (χ1n) is 5.45. The molecule has 0 aromatic heterocycles. The van der Waals surface area contributed by atoms with E-state index in [1.165, 1.54) is 25.9 Å². The molecule has 0 bridgehead atoms. The summed E-state index contributed by atoms with van der Waals surface area (Å²) in [5.74, 6) is 1.15. The van der Waals surface area contributed by atoms with Crippen LogP contribution in [-0.2, 0) is 0 Å². The Balaban J connectivity index is 1.98. The van der Waals surface area contributed by atoms with Crippen molar-refractivity contribution in [3.8, 4) is 0 Å². The van der Waals surface area contributed by atoms with Gasteiger partial charge in [-0.05, 0) is 46.8 Å². The summed E-state index contributed by atoms with van der Waals surface area (Å²) in [6.07, 6.45) is 2.90. The molecule has 0 aromatic rings. The number of hydrogen-bond acceptors (Lipinski definition) is 4. The molecule has 1 fully saturated rings. The van der Waals surface area contributed by atoms with Gasteiger partial charge in [0, 0.05) is 6.04 Å². The van der Waals surface area contributed by atoms with Crippen molar-refractivity contribution < 1.29 is 0 Å². The molecule has 0 radical (unpaired) electrons. The number of piperidine rings is 1. The summed E-state index contributed by atoms with van der Waals surface area (Å²) in [6, 6.07) is 0.681. The topological polar surface area (TPSA) is 30.9 Å². The maximum atomic E-state index is 4.27. The normalized spacial score (nSPS) is 30.4. The minimum atomic E-state index is 0.378. The summed E-state index contributed by atoms with van der Waals surface area (Å²) >= 11 is 0. The van der Waals surface area contributed by atoms with E-state index >= 15 is 0 Å². The van der Waals surface area contributed by atoms with E-state index in [0.29, 0.717) is 12.2 Å². The molecule has 80 valence electrons. The molecular formula is C10H20N4. The lowest BCUT2D eigenvalue weighted by Gasteiger charge is -2.38. The van der Waals surface area contributed by atoms with Gasteiger partial charge in [0.1, 0.15) is 12.0 Å². The molecule has 2 heterocycles. The fourth-order valence-corrected chi connectivity index (χ4v) is 2.44. The van der Waals surface area contributed by atoms with Gasteiger partial charge in [-0.2, -0.15) is 5.10 Å². The molecule has 4 heteroatoms. The van der Waals surface area contributed by atoms with Crippen LogP contribution in [0.15, 0.2) is 5.10 Å². The Morgan fingerprint density at radius 3 is 2.50 bits per heavy atom. The van der Waals surface area contributed by atoms with E-state index in [1.54, 1.807) is 0 Å². The van der Waals surface area contributed by atoms with E-state index in [4.69, 9.17) is 0 Å². The average molecular weight is 196 g/mol. The standard InChI is InChI=1S/C10H20N4/c1-8-11-12-9(2)14(8)10-4-6-13(3)7-5-10/h8,10-11H,4-7H2,1-3H3. The van der Waals surface area contributed by atoms with E-state index in [2.05, 4.69) is 41.2 Å². The predicted octanol–water partition coefficient (Wildman–Crippen LogP) is 0.665. The van der Waals surface area contributed by atoms with Crippen LogP contribution in [0.3, 0.4) is 0 Å². The van der Waals surface area contributed by atoms with Crippen molar-refractivity contribution >= 4 is 5.84 Å². The molecule has 4 nitrogen and oxygen atoms in total. The maximum absolute atomic E-state index is 4.27. The summed E-state index contributed by atoms with van der Waals surface area (Å²) in [4.78, 5) is 4.82. The van der Waals surface area contributed by atoms with Crippen molar-refractivity contribution in [2.24, 2.45) is 5.10 Å². The highest BCUT2D eigenvalue weighted by atomic mass is 15.5. The number of likely N-dealkylation sites (tertiary alicyclic amines) is 1. The number of hydrazone groups is 1. The van der Waals surface area contributed by atoms with Gasteiger partial charge in [0.25, 0.3) is 0 Å². The summed E-state index contributed by atoms with van der Waals surface area (Å²) in [7, 11) is 2.20. The average Bonchev–Trinajstić information content (AvgIpc) is 2.49. The summed E-state index contributed by atoms with van der Waals surface area (Å²) < 4.78 is 0. The van der Waals surface area contributed by atoms with E-state index in [1.807, 2.05) is 0 Å². The molecule has 0 aliphatic carbocycles. The van der Waals surface area contributed by atoms with Crippen LogP contribution in [0, 0.1) is 0 Å². The molecule has 0 aromatic carbocycles. The molecule has 1 unspecified atom stereocenters. The molecule has 0 amide bonds. The Morgan fingerprint density at radius 1 is 1.36 bits per heavy atom. The van der Waals surface area contributed by atoms with E-state index in [0.717, 1.165) is 5.84 Å². The Labute approximate surface area is 85.9 Å². The molecule has 1 saturated heterocycles. The monoisotopic (exact) mass is 196 g/mol. The predicted molar refractivity (Wildman–Crippen MR) is 58.1 cm³/mol. The molecule has 1 atom stereocenters. The lowest BCUT2D eigenvalue weighted by molar-refractivity contribution is 0.150. The Bertz CT molecular complexity index is 230. The molecule has 14 heavy (non-hydrogen) atoms. The van der Waals surface area contributed by atoms with Crippen LogP contribution in [0.25, 0.3) is 0 Å². The van der Waals surface area contributed by atoms with Crippen LogP contribution < -0.4 is 5.43 Å². The largest absolute Gasteiger partial charge is 0.334 e. The van der Waals surface area contributed by atoms with Crippen LogP contribution in [-0.4, -0.2) is 48.0 Å². The van der Waals surface area contributed by atoms with Crippen LogP contribution in [0.5, 0.6) is 0 Å². The van der Waals surface area contributed by atoms with Crippen LogP contribution >= 0.6 is 0 Å². The highest BCUT2D eigenvalue weighted by molar-refractivity contribution is 5.81.